The van der Waals surface area contributed by atoms with Gasteiger partial charge in [0.25, 0.3) is 6.10 Å². The van der Waals surface area contributed by atoms with Gasteiger partial charge in [-0.25, -0.2) is 4.79 Å². The first kappa shape index (κ1) is 20.3. The number of piperazine rings is 1. The number of hydrogen-bond acceptors (Lipinski definition) is 4. The Kier molecular flexibility index (Phi) is 5.73. The van der Waals surface area contributed by atoms with E-state index in [-0.39, 0.29) is 13.1 Å². The van der Waals surface area contributed by atoms with Gasteiger partial charge in [0.2, 0.25) is 0 Å². The number of carbonyl (C=O) groups excluding carboxylic acids is 1. The standard InChI is InChI=1S/C14H18F6N4O2/c1-9-7-10(22(2)21-9)8-23-3-5-24(6-4-23)12(25)26-11(13(15,16)17)14(18,19)20/h7,11H,3-6,8H2,1-2H3. The molecule has 0 spiro atoms. The van der Waals surface area contributed by atoms with E-state index in [0.29, 0.717) is 19.6 Å². The predicted molar refractivity (Wildman–Crippen MR) is 77.2 cm³/mol. The Morgan fingerprint density at radius 1 is 1.15 bits per heavy atom. The topological polar surface area (TPSA) is 50.6 Å². The molecule has 0 atom stereocenters. The van der Waals surface area contributed by atoms with E-state index in [0.717, 1.165) is 16.3 Å². The molecule has 6 nitrogen and oxygen atoms in total. The Labute approximate surface area is 145 Å². The lowest BCUT2D eigenvalue weighted by molar-refractivity contribution is -0.308. The number of aryl methyl sites for hydroxylation is 2. The lowest BCUT2D eigenvalue weighted by Gasteiger charge is -2.35. The van der Waals surface area contributed by atoms with Crippen molar-refractivity contribution in [1.82, 2.24) is 19.6 Å². The number of carbonyl (C=O) groups is 1. The molecule has 148 valence electrons. The van der Waals surface area contributed by atoms with Gasteiger partial charge in [0.1, 0.15) is 0 Å². The van der Waals surface area contributed by atoms with Crippen LogP contribution in [0.4, 0.5) is 31.1 Å². The fourth-order valence-electron chi connectivity index (χ4n) is 2.62. The van der Waals surface area contributed by atoms with Gasteiger partial charge in [0.05, 0.1) is 11.4 Å². The van der Waals surface area contributed by atoms with Crippen LogP contribution in [0.2, 0.25) is 0 Å². The molecule has 1 aliphatic heterocycles. The molecule has 0 saturated carbocycles. The van der Waals surface area contributed by atoms with E-state index in [1.165, 1.54) is 0 Å². The van der Waals surface area contributed by atoms with Crippen LogP contribution in [-0.4, -0.2) is 70.3 Å². The summed E-state index contributed by atoms with van der Waals surface area (Å²) in [5.41, 5.74) is 1.74. The molecule has 12 heteroatoms. The van der Waals surface area contributed by atoms with Crippen LogP contribution in [0.5, 0.6) is 0 Å². The summed E-state index contributed by atoms with van der Waals surface area (Å²) in [5.74, 6) is 0. The van der Waals surface area contributed by atoms with Gasteiger partial charge >= 0.3 is 18.4 Å². The van der Waals surface area contributed by atoms with Gasteiger partial charge in [0.15, 0.2) is 0 Å². The molecule has 0 radical (unpaired) electrons. The van der Waals surface area contributed by atoms with Crippen molar-refractivity contribution in [2.24, 2.45) is 7.05 Å². The van der Waals surface area contributed by atoms with Crippen molar-refractivity contribution in [3.63, 3.8) is 0 Å². The maximum atomic E-state index is 12.5. The van der Waals surface area contributed by atoms with Crippen molar-refractivity contribution in [3.05, 3.63) is 17.5 Å². The molecule has 1 amide bonds. The summed E-state index contributed by atoms with van der Waals surface area (Å²) in [7, 11) is 1.77. The van der Waals surface area contributed by atoms with Crippen LogP contribution in [0.15, 0.2) is 6.07 Å². The number of nitrogens with zero attached hydrogens (tertiary/aromatic N) is 4. The summed E-state index contributed by atoms with van der Waals surface area (Å²) < 4.78 is 80.1. The molecule has 0 bridgehead atoms. The second-order valence-electron chi connectivity index (χ2n) is 6.01. The molecule has 0 unspecified atom stereocenters. The molecule has 2 rings (SSSR count). The molecule has 1 aromatic heterocycles. The van der Waals surface area contributed by atoms with Crippen molar-refractivity contribution in [2.75, 3.05) is 26.2 Å². The Hall–Kier alpha value is -1.98. The van der Waals surface area contributed by atoms with Crippen molar-refractivity contribution in [3.8, 4) is 0 Å². The lowest BCUT2D eigenvalue weighted by Crippen LogP contribution is -2.52. The number of halogens is 6. The Morgan fingerprint density at radius 3 is 2.12 bits per heavy atom. The van der Waals surface area contributed by atoms with Crippen LogP contribution in [-0.2, 0) is 18.3 Å². The molecule has 2 heterocycles. The quantitative estimate of drug-likeness (QED) is 0.747. The SMILES string of the molecule is Cc1cc(CN2CCN(C(=O)OC(C(F)(F)F)C(F)(F)F)CC2)n(C)n1. The predicted octanol–water partition coefficient (Wildman–Crippen LogP) is 2.48. The number of hydrogen-bond donors (Lipinski definition) is 0. The third kappa shape index (κ3) is 5.02. The largest absolute Gasteiger partial charge is 0.434 e. The fraction of sp³-hybridized carbons (Fsp3) is 0.714. The summed E-state index contributed by atoms with van der Waals surface area (Å²) in [4.78, 5) is 14.5. The number of alkyl halides is 6. The third-order valence-electron chi connectivity index (χ3n) is 3.93. The highest BCUT2D eigenvalue weighted by molar-refractivity contribution is 5.68. The lowest BCUT2D eigenvalue weighted by atomic mass is 10.3. The number of aromatic nitrogens is 2. The Balaban J connectivity index is 1.90. The van der Waals surface area contributed by atoms with Crippen LogP contribution in [0, 0.1) is 6.92 Å². The van der Waals surface area contributed by atoms with Gasteiger partial charge in [0, 0.05) is 39.8 Å². The second-order valence-corrected chi connectivity index (χ2v) is 6.01. The van der Waals surface area contributed by atoms with E-state index in [1.807, 2.05) is 17.9 Å². The third-order valence-corrected chi connectivity index (χ3v) is 3.93. The molecule has 1 fully saturated rings. The highest BCUT2D eigenvalue weighted by atomic mass is 19.4. The zero-order chi connectivity index (χ0) is 19.7. The van der Waals surface area contributed by atoms with Gasteiger partial charge in [-0.1, -0.05) is 0 Å². The molecule has 0 aromatic carbocycles. The van der Waals surface area contributed by atoms with Gasteiger partial charge < -0.3 is 9.64 Å². The van der Waals surface area contributed by atoms with E-state index < -0.39 is 24.5 Å². The summed E-state index contributed by atoms with van der Waals surface area (Å²) >= 11 is 0. The molecule has 26 heavy (non-hydrogen) atoms. The van der Waals surface area contributed by atoms with E-state index in [1.54, 1.807) is 11.7 Å². The van der Waals surface area contributed by atoms with Crippen molar-refractivity contribution in [1.29, 1.82) is 0 Å². The molecule has 0 N–H and O–H groups in total. The summed E-state index contributed by atoms with van der Waals surface area (Å²) in [6.45, 7) is 2.86. The zero-order valence-corrected chi connectivity index (χ0v) is 14.1. The van der Waals surface area contributed by atoms with Crippen LogP contribution in [0.25, 0.3) is 0 Å². The van der Waals surface area contributed by atoms with Crippen LogP contribution in [0.3, 0.4) is 0 Å². The van der Waals surface area contributed by atoms with Crippen LogP contribution < -0.4 is 0 Å². The summed E-state index contributed by atoms with van der Waals surface area (Å²) in [5, 5.41) is 4.19. The first-order chi connectivity index (χ1) is 11.9. The Bertz CT molecular complexity index is 620. The molecule has 1 aromatic rings. The van der Waals surface area contributed by atoms with Crippen molar-refractivity contribution >= 4 is 6.09 Å². The van der Waals surface area contributed by atoms with E-state index in [2.05, 4.69) is 9.84 Å². The molecule has 1 aliphatic rings. The van der Waals surface area contributed by atoms with E-state index in [4.69, 9.17) is 0 Å². The number of amides is 1. The zero-order valence-electron chi connectivity index (χ0n) is 14.1. The normalized spacial score (nSPS) is 17.0. The van der Waals surface area contributed by atoms with Gasteiger partial charge in [-0.2, -0.15) is 31.4 Å². The van der Waals surface area contributed by atoms with Gasteiger partial charge in [-0.15, -0.1) is 0 Å². The highest BCUT2D eigenvalue weighted by Gasteiger charge is 2.60. The molecular weight excluding hydrogens is 370 g/mol. The van der Waals surface area contributed by atoms with Crippen molar-refractivity contribution in [2.45, 2.75) is 31.9 Å². The summed E-state index contributed by atoms with van der Waals surface area (Å²) in [6.07, 6.45) is -17.2. The van der Waals surface area contributed by atoms with Crippen LogP contribution >= 0.6 is 0 Å². The van der Waals surface area contributed by atoms with E-state index >= 15 is 0 Å². The minimum atomic E-state index is -5.72. The highest BCUT2D eigenvalue weighted by Crippen LogP contribution is 2.36. The van der Waals surface area contributed by atoms with Crippen LogP contribution in [0.1, 0.15) is 11.4 Å². The maximum absolute atomic E-state index is 12.5. The second kappa shape index (κ2) is 7.33. The molecule has 0 aliphatic carbocycles. The monoisotopic (exact) mass is 388 g/mol. The van der Waals surface area contributed by atoms with E-state index in [9.17, 15) is 31.1 Å². The summed E-state index contributed by atoms with van der Waals surface area (Å²) in [6, 6.07) is 1.87. The molecule has 1 saturated heterocycles. The van der Waals surface area contributed by atoms with Crippen molar-refractivity contribution < 1.29 is 35.9 Å². The number of rotatable bonds is 3. The first-order valence-corrected chi connectivity index (χ1v) is 7.69. The Morgan fingerprint density at radius 2 is 1.69 bits per heavy atom. The van der Waals surface area contributed by atoms with Gasteiger partial charge in [-0.3, -0.25) is 9.58 Å². The first-order valence-electron chi connectivity index (χ1n) is 7.69. The maximum Gasteiger partial charge on any atom is 0.434 e. The smallest absolute Gasteiger partial charge is 0.426 e. The average molecular weight is 388 g/mol. The fourth-order valence-corrected chi connectivity index (χ4v) is 2.62. The number of ether oxygens (including phenoxy) is 1. The molecular formula is C14H18F6N4O2. The minimum absolute atomic E-state index is 0.0297. The van der Waals surface area contributed by atoms with Gasteiger partial charge in [-0.05, 0) is 13.0 Å². The minimum Gasteiger partial charge on any atom is -0.426 e. The average Bonchev–Trinajstić information content (AvgIpc) is 2.80.